The summed E-state index contributed by atoms with van der Waals surface area (Å²) in [5, 5.41) is 4.01. The fourth-order valence-corrected chi connectivity index (χ4v) is 2.53. The lowest BCUT2D eigenvalue weighted by atomic mass is 9.82. The Morgan fingerprint density at radius 3 is 2.11 bits per heavy atom. The summed E-state index contributed by atoms with van der Waals surface area (Å²) in [5.41, 5.74) is 0. The maximum Gasteiger partial charge on any atom is 0.328 e. The molecule has 2 N–H and O–H groups in total. The molecule has 0 aromatic rings. The second kappa shape index (κ2) is 5.29. The summed E-state index contributed by atoms with van der Waals surface area (Å²) in [6.45, 7) is 0. The van der Waals surface area contributed by atoms with Crippen molar-refractivity contribution in [3.8, 4) is 0 Å². The molecule has 0 aromatic heterocycles. The van der Waals surface area contributed by atoms with Crippen molar-refractivity contribution in [2.45, 2.75) is 38.5 Å². The molecule has 18 heavy (non-hydrogen) atoms. The summed E-state index contributed by atoms with van der Waals surface area (Å²) in [4.78, 5) is 45.8. The van der Waals surface area contributed by atoms with Crippen molar-refractivity contribution in [2.24, 2.45) is 11.8 Å². The van der Waals surface area contributed by atoms with Gasteiger partial charge in [-0.15, -0.1) is 0 Å². The quantitative estimate of drug-likeness (QED) is 0.716. The molecule has 98 valence electrons. The minimum Gasteiger partial charge on any atom is -0.299 e. The number of imide groups is 2. The molecule has 1 saturated carbocycles. The summed E-state index contributed by atoms with van der Waals surface area (Å²) >= 11 is 0. The molecule has 2 aliphatic rings. The maximum atomic E-state index is 12.0. The molecule has 0 spiro atoms. The lowest BCUT2D eigenvalue weighted by Crippen LogP contribution is -2.56. The highest BCUT2D eigenvalue weighted by molar-refractivity contribution is 6.17. The van der Waals surface area contributed by atoms with Gasteiger partial charge >= 0.3 is 6.03 Å². The number of urea groups is 1. The summed E-state index contributed by atoms with van der Waals surface area (Å²) in [7, 11) is 0. The number of rotatable bonds is 3. The molecule has 6 heteroatoms. The summed E-state index contributed by atoms with van der Waals surface area (Å²) in [6.07, 6.45) is 4.77. The van der Waals surface area contributed by atoms with Crippen LogP contribution >= 0.6 is 0 Å². The number of amides is 4. The van der Waals surface area contributed by atoms with E-state index in [0.717, 1.165) is 32.1 Å². The number of carbonyl (C=O) groups excluding carboxylic acids is 4. The molecule has 1 saturated heterocycles. The Morgan fingerprint density at radius 2 is 1.56 bits per heavy atom. The molecule has 1 aliphatic heterocycles. The van der Waals surface area contributed by atoms with Crippen molar-refractivity contribution in [1.29, 1.82) is 0 Å². The van der Waals surface area contributed by atoms with E-state index in [9.17, 15) is 19.2 Å². The van der Waals surface area contributed by atoms with Crippen molar-refractivity contribution in [1.82, 2.24) is 10.6 Å². The summed E-state index contributed by atoms with van der Waals surface area (Å²) < 4.78 is 0. The van der Waals surface area contributed by atoms with E-state index in [1.54, 1.807) is 0 Å². The lowest BCUT2D eigenvalue weighted by Gasteiger charge is -2.24. The molecule has 0 bridgehead atoms. The van der Waals surface area contributed by atoms with Crippen molar-refractivity contribution >= 4 is 23.6 Å². The normalized spacial score (nSPS) is 22.6. The minimum absolute atomic E-state index is 0.0306. The van der Waals surface area contributed by atoms with Gasteiger partial charge in [-0.2, -0.15) is 0 Å². The second-order valence-corrected chi connectivity index (χ2v) is 4.87. The van der Waals surface area contributed by atoms with Gasteiger partial charge in [0.1, 0.15) is 11.7 Å². The highest BCUT2D eigenvalue weighted by Gasteiger charge is 2.37. The van der Waals surface area contributed by atoms with E-state index < -0.39 is 23.8 Å². The largest absolute Gasteiger partial charge is 0.328 e. The topological polar surface area (TPSA) is 92.3 Å². The Labute approximate surface area is 104 Å². The molecule has 1 aliphatic carbocycles. The molecule has 0 atom stereocenters. The first kappa shape index (κ1) is 12.7. The zero-order chi connectivity index (χ0) is 13.1. The van der Waals surface area contributed by atoms with E-state index >= 15 is 0 Å². The zero-order valence-corrected chi connectivity index (χ0v) is 10.0. The van der Waals surface area contributed by atoms with Gasteiger partial charge in [-0.1, -0.05) is 19.3 Å². The Kier molecular flexibility index (Phi) is 3.74. The van der Waals surface area contributed by atoms with Crippen LogP contribution in [-0.4, -0.2) is 23.6 Å². The van der Waals surface area contributed by atoms with Crippen LogP contribution in [0.5, 0.6) is 0 Å². The number of barbiturate groups is 1. The molecule has 2 fully saturated rings. The fourth-order valence-electron chi connectivity index (χ4n) is 2.53. The average molecular weight is 252 g/mol. The Hall–Kier alpha value is -1.72. The summed E-state index contributed by atoms with van der Waals surface area (Å²) in [5.74, 6) is -2.48. The van der Waals surface area contributed by atoms with E-state index in [1.807, 2.05) is 10.6 Å². The zero-order valence-electron chi connectivity index (χ0n) is 10.0. The predicted molar refractivity (Wildman–Crippen MR) is 61.4 cm³/mol. The number of Topliss-reactive ketones (excluding diaryl/α,β-unsaturated/α-hetero) is 1. The molecule has 6 nitrogen and oxygen atoms in total. The van der Waals surface area contributed by atoms with Crippen molar-refractivity contribution in [3.63, 3.8) is 0 Å². The number of hydrogen-bond acceptors (Lipinski definition) is 4. The molecule has 1 heterocycles. The first-order valence-electron chi connectivity index (χ1n) is 6.26. The van der Waals surface area contributed by atoms with Gasteiger partial charge in [-0.3, -0.25) is 25.0 Å². The average Bonchev–Trinajstić information content (AvgIpc) is 2.34. The smallest absolute Gasteiger partial charge is 0.299 e. The van der Waals surface area contributed by atoms with Gasteiger partial charge in [0, 0.05) is 12.3 Å². The second-order valence-electron chi connectivity index (χ2n) is 4.87. The first-order chi connectivity index (χ1) is 8.58. The molecule has 4 amide bonds. The standard InChI is InChI=1S/C12H16N2O4/c15-9(7-4-2-1-3-5-7)6-8-10(16)13-12(18)14-11(8)17/h7-8H,1-6H2,(H2,13,14,16,17,18). The van der Waals surface area contributed by atoms with Gasteiger partial charge in [-0.05, 0) is 12.8 Å². The van der Waals surface area contributed by atoms with E-state index in [4.69, 9.17) is 0 Å². The highest BCUT2D eigenvalue weighted by atomic mass is 16.2. The molecule has 0 unspecified atom stereocenters. The van der Waals surface area contributed by atoms with E-state index in [1.165, 1.54) is 0 Å². The predicted octanol–water partition coefficient (Wildman–Crippen LogP) is 0.508. The van der Waals surface area contributed by atoms with Crippen LogP contribution in [0.25, 0.3) is 0 Å². The third kappa shape index (κ3) is 2.75. The third-order valence-corrected chi connectivity index (χ3v) is 3.57. The number of nitrogens with one attached hydrogen (secondary N) is 2. The maximum absolute atomic E-state index is 12.0. The van der Waals surface area contributed by atoms with Crippen LogP contribution in [0.4, 0.5) is 4.79 Å². The lowest BCUT2D eigenvalue weighted by molar-refractivity contribution is -0.140. The Bertz CT molecular complexity index is 379. The van der Waals surface area contributed by atoms with Gasteiger partial charge in [0.05, 0.1) is 0 Å². The Morgan fingerprint density at radius 1 is 1.00 bits per heavy atom. The van der Waals surface area contributed by atoms with Crippen LogP contribution in [0, 0.1) is 11.8 Å². The molecule has 0 aromatic carbocycles. The van der Waals surface area contributed by atoms with Crippen molar-refractivity contribution < 1.29 is 19.2 Å². The molecular weight excluding hydrogens is 236 g/mol. The number of carbonyl (C=O) groups is 4. The molecular formula is C12H16N2O4. The third-order valence-electron chi connectivity index (χ3n) is 3.57. The van der Waals surface area contributed by atoms with Crippen LogP contribution in [-0.2, 0) is 14.4 Å². The molecule has 0 radical (unpaired) electrons. The van der Waals surface area contributed by atoms with Crippen LogP contribution in [0.1, 0.15) is 38.5 Å². The molecule has 2 rings (SSSR count). The van der Waals surface area contributed by atoms with E-state index in [-0.39, 0.29) is 18.1 Å². The first-order valence-corrected chi connectivity index (χ1v) is 6.26. The SMILES string of the molecule is O=C1NC(=O)C(CC(=O)C2CCCCC2)C(=O)N1. The number of ketones is 1. The van der Waals surface area contributed by atoms with Crippen molar-refractivity contribution in [3.05, 3.63) is 0 Å². The van der Waals surface area contributed by atoms with Crippen LogP contribution in [0.15, 0.2) is 0 Å². The van der Waals surface area contributed by atoms with E-state index in [0.29, 0.717) is 0 Å². The van der Waals surface area contributed by atoms with Crippen LogP contribution in [0.2, 0.25) is 0 Å². The highest BCUT2D eigenvalue weighted by Crippen LogP contribution is 2.26. The van der Waals surface area contributed by atoms with Gasteiger partial charge in [0.2, 0.25) is 11.8 Å². The fraction of sp³-hybridized carbons (Fsp3) is 0.667. The van der Waals surface area contributed by atoms with Gasteiger partial charge in [-0.25, -0.2) is 4.79 Å². The van der Waals surface area contributed by atoms with Gasteiger partial charge in [0.25, 0.3) is 0 Å². The van der Waals surface area contributed by atoms with Crippen LogP contribution in [0.3, 0.4) is 0 Å². The Balaban J connectivity index is 1.95. The van der Waals surface area contributed by atoms with Gasteiger partial charge < -0.3 is 0 Å². The van der Waals surface area contributed by atoms with Crippen molar-refractivity contribution in [2.75, 3.05) is 0 Å². The van der Waals surface area contributed by atoms with E-state index in [2.05, 4.69) is 0 Å². The monoisotopic (exact) mass is 252 g/mol. The van der Waals surface area contributed by atoms with Gasteiger partial charge in [0.15, 0.2) is 0 Å². The minimum atomic E-state index is -1.06. The number of hydrogen-bond donors (Lipinski definition) is 2. The summed E-state index contributed by atoms with van der Waals surface area (Å²) in [6, 6.07) is -0.814. The van der Waals surface area contributed by atoms with Crippen LogP contribution < -0.4 is 10.6 Å².